The molecule has 28 heavy (non-hydrogen) atoms. The zero-order valence-electron chi connectivity index (χ0n) is 16.6. The van der Waals surface area contributed by atoms with Gasteiger partial charge in [0.25, 0.3) is 5.56 Å². The lowest BCUT2D eigenvalue weighted by Gasteiger charge is -2.11. The lowest BCUT2D eigenvalue weighted by Crippen LogP contribution is -2.37. The van der Waals surface area contributed by atoms with Gasteiger partial charge in [0.2, 0.25) is 5.91 Å². The monoisotopic (exact) mass is 400 g/mol. The predicted molar refractivity (Wildman–Crippen MR) is 112 cm³/mol. The maximum absolute atomic E-state index is 13.0. The number of rotatable bonds is 6. The van der Waals surface area contributed by atoms with Gasteiger partial charge in [0.1, 0.15) is 6.54 Å². The average molecular weight is 401 g/mol. The first-order valence-corrected chi connectivity index (χ1v) is 9.79. The Morgan fingerprint density at radius 3 is 2.54 bits per heavy atom. The van der Waals surface area contributed by atoms with E-state index in [1.54, 1.807) is 6.20 Å². The summed E-state index contributed by atoms with van der Waals surface area (Å²) in [4.78, 5) is 25.2. The van der Waals surface area contributed by atoms with Gasteiger partial charge in [-0.2, -0.15) is 5.10 Å². The van der Waals surface area contributed by atoms with E-state index in [2.05, 4.69) is 15.0 Å². The van der Waals surface area contributed by atoms with E-state index in [4.69, 9.17) is 11.6 Å². The van der Waals surface area contributed by atoms with Crippen molar-refractivity contribution in [2.24, 2.45) is 0 Å². The molecule has 0 fully saturated rings. The summed E-state index contributed by atoms with van der Waals surface area (Å²) in [6.45, 7) is 8.39. The van der Waals surface area contributed by atoms with Crippen LogP contribution in [0.25, 0.3) is 10.8 Å². The highest BCUT2D eigenvalue weighted by atomic mass is 35.5. The molecule has 0 aliphatic heterocycles. The van der Waals surface area contributed by atoms with Gasteiger partial charge in [-0.25, -0.2) is 4.68 Å². The molecule has 6 nitrogen and oxygen atoms in total. The van der Waals surface area contributed by atoms with Crippen molar-refractivity contribution in [1.82, 2.24) is 19.7 Å². The number of aryl methyl sites for hydroxylation is 2. The van der Waals surface area contributed by atoms with E-state index in [1.807, 2.05) is 52.0 Å². The fraction of sp³-hybridized carbons (Fsp3) is 0.381. The summed E-state index contributed by atoms with van der Waals surface area (Å²) in [6.07, 6.45) is 2.51. The van der Waals surface area contributed by atoms with Crippen LogP contribution in [0.4, 0.5) is 0 Å². The third-order valence-corrected chi connectivity index (χ3v) is 5.42. The fourth-order valence-corrected chi connectivity index (χ4v) is 3.45. The number of hydrogen-bond acceptors (Lipinski definition) is 3. The van der Waals surface area contributed by atoms with Gasteiger partial charge in [-0.15, -0.1) is 0 Å². The first kappa shape index (κ1) is 20.1. The van der Waals surface area contributed by atoms with Crippen molar-refractivity contribution >= 4 is 28.3 Å². The van der Waals surface area contributed by atoms with Crippen LogP contribution in [0.15, 0.2) is 35.3 Å². The summed E-state index contributed by atoms with van der Waals surface area (Å²) < 4.78 is 3.33. The lowest BCUT2D eigenvalue weighted by molar-refractivity contribution is -0.122. The largest absolute Gasteiger partial charge is 0.352 e. The summed E-state index contributed by atoms with van der Waals surface area (Å²) >= 11 is 5.97. The zero-order chi connectivity index (χ0) is 20.4. The lowest BCUT2D eigenvalue weighted by atomic mass is 10.2. The molecular weight excluding hydrogens is 376 g/mol. The third kappa shape index (κ3) is 3.97. The van der Waals surface area contributed by atoms with Crippen LogP contribution >= 0.6 is 11.6 Å². The van der Waals surface area contributed by atoms with Crippen LogP contribution in [0.5, 0.6) is 0 Å². The Kier molecular flexibility index (Phi) is 5.89. The predicted octanol–water partition coefficient (Wildman–Crippen LogP) is 3.43. The molecule has 1 N–H and O–H groups in total. The fourth-order valence-electron chi connectivity index (χ4n) is 3.33. The maximum Gasteiger partial charge on any atom is 0.276 e. The van der Waals surface area contributed by atoms with Crippen molar-refractivity contribution in [3.8, 4) is 0 Å². The zero-order valence-corrected chi connectivity index (χ0v) is 17.4. The van der Waals surface area contributed by atoms with Crippen LogP contribution in [-0.4, -0.2) is 26.3 Å². The highest BCUT2D eigenvalue weighted by molar-refractivity contribution is 6.30. The molecule has 0 bridgehead atoms. The van der Waals surface area contributed by atoms with Crippen LogP contribution in [0.1, 0.15) is 37.2 Å². The highest BCUT2D eigenvalue weighted by Crippen LogP contribution is 2.23. The molecule has 0 saturated carbocycles. The van der Waals surface area contributed by atoms with E-state index in [-0.39, 0.29) is 24.1 Å². The van der Waals surface area contributed by atoms with Gasteiger partial charge in [-0.3, -0.25) is 9.59 Å². The summed E-state index contributed by atoms with van der Waals surface area (Å²) in [5, 5.41) is 9.21. The number of carbonyl (C=O) groups excluding carboxylic acids is 1. The number of nitrogens with one attached hydrogen (secondary N) is 1. The quantitative estimate of drug-likeness (QED) is 0.689. The van der Waals surface area contributed by atoms with Gasteiger partial charge in [-0.05, 0) is 44.9 Å². The molecule has 1 amide bonds. The maximum atomic E-state index is 13.0. The van der Waals surface area contributed by atoms with E-state index in [0.717, 1.165) is 28.8 Å². The summed E-state index contributed by atoms with van der Waals surface area (Å²) in [5.41, 5.74) is 2.69. The Balaban J connectivity index is 1.96. The van der Waals surface area contributed by atoms with E-state index >= 15 is 0 Å². The molecule has 0 spiro atoms. The minimum atomic E-state index is -0.243. The molecule has 7 heteroatoms. The molecule has 0 radical (unpaired) electrons. The Hall–Kier alpha value is -2.60. The van der Waals surface area contributed by atoms with Gasteiger partial charge in [0.05, 0.1) is 11.6 Å². The average Bonchev–Trinajstić information content (AvgIpc) is 2.90. The van der Waals surface area contributed by atoms with E-state index in [0.29, 0.717) is 17.0 Å². The second-order valence-corrected chi connectivity index (χ2v) is 7.59. The molecule has 1 aromatic carbocycles. The molecule has 3 rings (SSSR count). The van der Waals surface area contributed by atoms with Gasteiger partial charge >= 0.3 is 0 Å². The molecule has 0 saturated heterocycles. The summed E-state index contributed by atoms with van der Waals surface area (Å²) in [5.74, 6) is -0.210. The van der Waals surface area contributed by atoms with Crippen LogP contribution in [0, 0.1) is 13.8 Å². The first-order chi connectivity index (χ1) is 13.3. The van der Waals surface area contributed by atoms with E-state index < -0.39 is 0 Å². The smallest absolute Gasteiger partial charge is 0.276 e. The number of carbonyl (C=O) groups is 1. The molecule has 0 aliphatic rings. The van der Waals surface area contributed by atoms with Gasteiger partial charge < -0.3 is 9.88 Å². The number of fused-ring (bicyclic) bond motifs is 1. The highest BCUT2D eigenvalue weighted by Gasteiger charge is 2.17. The Morgan fingerprint density at radius 2 is 1.89 bits per heavy atom. The van der Waals surface area contributed by atoms with Crippen LogP contribution in [0.3, 0.4) is 0 Å². The van der Waals surface area contributed by atoms with Gasteiger partial charge in [-0.1, -0.05) is 30.7 Å². The Labute approximate surface area is 169 Å². The molecule has 2 heterocycles. The first-order valence-electron chi connectivity index (χ1n) is 9.41. The molecule has 1 atom stereocenters. The van der Waals surface area contributed by atoms with Gasteiger partial charge in [0.15, 0.2) is 0 Å². The van der Waals surface area contributed by atoms with Crippen LogP contribution < -0.4 is 10.9 Å². The second-order valence-electron chi connectivity index (χ2n) is 7.16. The third-order valence-electron chi connectivity index (χ3n) is 5.17. The van der Waals surface area contributed by atoms with E-state index in [1.165, 1.54) is 4.68 Å². The summed E-state index contributed by atoms with van der Waals surface area (Å²) in [7, 11) is 0. The normalized spacial score (nSPS) is 12.3. The molecular formula is C21H25ClN4O2. The SMILES string of the molecule is CC[C@@H](C)NC(=O)Cn1ncc2c(C)n(Cc3ccc(Cl)cc3)c(C)c2c1=O. The number of aromatic nitrogens is 3. The molecule has 3 aromatic rings. The van der Waals surface area contributed by atoms with Crippen LogP contribution in [0.2, 0.25) is 5.02 Å². The van der Waals surface area contributed by atoms with Crippen molar-refractivity contribution in [1.29, 1.82) is 0 Å². The molecule has 0 aliphatic carbocycles. The topological polar surface area (TPSA) is 68.9 Å². The van der Waals surface area contributed by atoms with E-state index in [9.17, 15) is 9.59 Å². The van der Waals surface area contributed by atoms with Crippen molar-refractivity contribution in [2.45, 2.75) is 53.2 Å². The standard InChI is InChI=1S/C21H25ClN4O2/c1-5-13(2)24-19(27)12-26-21(28)20-15(4)25(14(3)18(20)10-23-26)11-16-6-8-17(22)9-7-16/h6-10,13H,5,11-12H2,1-4H3,(H,24,27)/t13-/m1/s1. The number of hydrogen-bond donors (Lipinski definition) is 1. The van der Waals surface area contributed by atoms with Gasteiger partial charge in [0, 0.05) is 34.4 Å². The van der Waals surface area contributed by atoms with Crippen molar-refractivity contribution in [3.05, 3.63) is 62.8 Å². The van der Waals surface area contributed by atoms with Crippen molar-refractivity contribution in [2.75, 3.05) is 0 Å². The number of amides is 1. The Morgan fingerprint density at radius 1 is 1.21 bits per heavy atom. The van der Waals surface area contributed by atoms with Crippen LogP contribution in [-0.2, 0) is 17.9 Å². The molecule has 0 unspecified atom stereocenters. The summed E-state index contributed by atoms with van der Waals surface area (Å²) in [6, 6.07) is 7.73. The Bertz CT molecular complexity index is 1070. The molecule has 2 aromatic heterocycles. The number of halogens is 1. The minimum absolute atomic E-state index is 0.0661. The van der Waals surface area contributed by atoms with Crippen molar-refractivity contribution < 1.29 is 4.79 Å². The second kappa shape index (κ2) is 8.19. The number of benzene rings is 1. The minimum Gasteiger partial charge on any atom is -0.352 e. The molecule has 148 valence electrons. The van der Waals surface area contributed by atoms with Crippen molar-refractivity contribution in [3.63, 3.8) is 0 Å². The number of nitrogens with zero attached hydrogens (tertiary/aromatic N) is 3.